The molecule has 2 amide bonds. The minimum absolute atomic E-state index is 0.0984. The maximum atomic E-state index is 12.9. The van der Waals surface area contributed by atoms with E-state index < -0.39 is 17.6 Å². The summed E-state index contributed by atoms with van der Waals surface area (Å²) in [6, 6.07) is 5.62. The van der Waals surface area contributed by atoms with Crippen LogP contribution >= 0.6 is 0 Å². The lowest BCUT2D eigenvalue weighted by Gasteiger charge is -2.19. The lowest BCUT2D eigenvalue weighted by atomic mass is 9.96. The monoisotopic (exact) mass is 294 g/mol. The van der Waals surface area contributed by atoms with Crippen molar-refractivity contribution in [1.82, 2.24) is 5.32 Å². The van der Waals surface area contributed by atoms with Gasteiger partial charge >= 0.3 is 6.09 Å². The zero-order valence-corrected chi connectivity index (χ0v) is 12.4. The molecule has 0 radical (unpaired) electrons. The van der Waals surface area contributed by atoms with Crippen molar-refractivity contribution in [3.8, 4) is 0 Å². The maximum absolute atomic E-state index is 12.9. The van der Waals surface area contributed by atoms with E-state index in [-0.39, 0.29) is 18.3 Å². The summed E-state index contributed by atoms with van der Waals surface area (Å²) in [7, 11) is 0. The van der Waals surface area contributed by atoms with Crippen LogP contribution in [0.15, 0.2) is 24.3 Å². The average molecular weight is 294 g/mol. The third-order valence-electron chi connectivity index (χ3n) is 3.18. The van der Waals surface area contributed by atoms with Crippen LogP contribution in [-0.2, 0) is 9.53 Å². The number of nitrogens with one attached hydrogen (secondary N) is 1. The SMILES string of the molecule is CC(C)(C)C(=O)NCC1CN(c2ccc(F)cc2)C(=O)O1. The number of anilines is 1. The zero-order chi connectivity index (χ0) is 15.6. The van der Waals surface area contributed by atoms with E-state index >= 15 is 0 Å². The van der Waals surface area contributed by atoms with Gasteiger partial charge in [0.05, 0.1) is 13.1 Å². The van der Waals surface area contributed by atoms with Gasteiger partial charge in [-0.15, -0.1) is 0 Å². The molecule has 114 valence electrons. The molecule has 1 N–H and O–H groups in total. The molecule has 0 spiro atoms. The second-order valence-electron chi connectivity index (χ2n) is 6.05. The van der Waals surface area contributed by atoms with Crippen molar-refractivity contribution in [3.05, 3.63) is 30.1 Å². The first kappa shape index (κ1) is 15.3. The Balaban J connectivity index is 1.94. The van der Waals surface area contributed by atoms with Crippen molar-refractivity contribution in [1.29, 1.82) is 0 Å². The number of hydrogen-bond donors (Lipinski definition) is 1. The smallest absolute Gasteiger partial charge is 0.414 e. The van der Waals surface area contributed by atoms with Crippen LogP contribution < -0.4 is 10.2 Å². The van der Waals surface area contributed by atoms with Crippen molar-refractivity contribution < 1.29 is 18.7 Å². The van der Waals surface area contributed by atoms with Gasteiger partial charge in [0.1, 0.15) is 11.9 Å². The van der Waals surface area contributed by atoms with E-state index in [0.29, 0.717) is 12.2 Å². The fourth-order valence-electron chi connectivity index (χ4n) is 1.93. The Kier molecular flexibility index (Phi) is 4.16. The Labute approximate surface area is 123 Å². The molecule has 0 bridgehead atoms. The Bertz CT molecular complexity index is 537. The highest BCUT2D eigenvalue weighted by molar-refractivity contribution is 5.89. The molecule has 1 heterocycles. The summed E-state index contributed by atoms with van der Waals surface area (Å²) in [5.74, 6) is -0.459. The molecule has 1 unspecified atom stereocenters. The van der Waals surface area contributed by atoms with Crippen molar-refractivity contribution in [3.63, 3.8) is 0 Å². The lowest BCUT2D eigenvalue weighted by molar-refractivity contribution is -0.128. The van der Waals surface area contributed by atoms with E-state index in [0.717, 1.165) is 0 Å². The van der Waals surface area contributed by atoms with Crippen LogP contribution in [0.1, 0.15) is 20.8 Å². The number of benzene rings is 1. The number of nitrogens with zero attached hydrogens (tertiary/aromatic N) is 1. The Morgan fingerprint density at radius 2 is 2.00 bits per heavy atom. The minimum atomic E-state index is -0.489. The van der Waals surface area contributed by atoms with Crippen molar-refractivity contribution in [2.75, 3.05) is 18.0 Å². The molecule has 1 aliphatic heterocycles. The molecule has 21 heavy (non-hydrogen) atoms. The molecule has 1 fully saturated rings. The zero-order valence-electron chi connectivity index (χ0n) is 12.4. The number of carbonyl (C=O) groups excluding carboxylic acids is 2. The van der Waals surface area contributed by atoms with Gasteiger partial charge in [-0.3, -0.25) is 9.69 Å². The first-order valence-electron chi connectivity index (χ1n) is 6.79. The van der Waals surface area contributed by atoms with Gasteiger partial charge in [0.2, 0.25) is 5.91 Å². The van der Waals surface area contributed by atoms with Crippen molar-refractivity contribution in [2.24, 2.45) is 5.41 Å². The van der Waals surface area contributed by atoms with Crippen LogP contribution in [0.25, 0.3) is 0 Å². The molecular weight excluding hydrogens is 275 g/mol. The molecule has 0 saturated carbocycles. The first-order chi connectivity index (χ1) is 9.77. The summed E-state index contributed by atoms with van der Waals surface area (Å²) < 4.78 is 18.1. The molecule has 1 saturated heterocycles. The normalized spacial score (nSPS) is 18.6. The van der Waals surface area contributed by atoms with E-state index in [1.54, 1.807) is 0 Å². The Morgan fingerprint density at radius 1 is 1.38 bits per heavy atom. The Hall–Kier alpha value is -2.11. The first-order valence-corrected chi connectivity index (χ1v) is 6.79. The molecule has 1 atom stereocenters. The van der Waals surface area contributed by atoms with E-state index in [9.17, 15) is 14.0 Å². The van der Waals surface area contributed by atoms with Crippen molar-refractivity contribution in [2.45, 2.75) is 26.9 Å². The molecule has 0 aliphatic carbocycles. The van der Waals surface area contributed by atoms with E-state index in [1.807, 2.05) is 20.8 Å². The van der Waals surface area contributed by atoms with E-state index in [1.165, 1.54) is 29.2 Å². The highest BCUT2D eigenvalue weighted by atomic mass is 19.1. The molecular formula is C15H19FN2O3. The summed E-state index contributed by atoms with van der Waals surface area (Å²) in [5, 5.41) is 2.76. The topological polar surface area (TPSA) is 58.6 Å². The molecule has 1 aromatic rings. The van der Waals surface area contributed by atoms with Crippen LogP contribution in [-0.4, -0.2) is 31.2 Å². The van der Waals surface area contributed by atoms with E-state index in [2.05, 4.69) is 5.32 Å². The number of carbonyl (C=O) groups is 2. The van der Waals surface area contributed by atoms with Gasteiger partial charge in [-0.1, -0.05) is 20.8 Å². The minimum Gasteiger partial charge on any atom is -0.442 e. The van der Waals surface area contributed by atoms with Gasteiger partial charge in [-0.2, -0.15) is 0 Å². The summed E-state index contributed by atoms with van der Waals surface area (Å²) in [5.41, 5.74) is 0.0882. The summed E-state index contributed by atoms with van der Waals surface area (Å²) in [6.45, 7) is 6.03. The van der Waals surface area contributed by atoms with Crippen molar-refractivity contribution >= 4 is 17.7 Å². The van der Waals surface area contributed by atoms with Crippen LogP contribution in [0.3, 0.4) is 0 Å². The lowest BCUT2D eigenvalue weighted by Crippen LogP contribution is -2.40. The fraction of sp³-hybridized carbons (Fsp3) is 0.467. The van der Waals surface area contributed by atoms with Gasteiger partial charge in [0.15, 0.2) is 0 Å². The quantitative estimate of drug-likeness (QED) is 0.930. The predicted octanol–water partition coefficient (Wildman–Crippen LogP) is 2.31. The van der Waals surface area contributed by atoms with Crippen LogP contribution in [0, 0.1) is 11.2 Å². The van der Waals surface area contributed by atoms with Gasteiger partial charge in [-0.25, -0.2) is 9.18 Å². The molecule has 0 aromatic heterocycles. The second kappa shape index (κ2) is 5.71. The largest absolute Gasteiger partial charge is 0.442 e. The van der Waals surface area contributed by atoms with Gasteiger partial charge in [0.25, 0.3) is 0 Å². The average Bonchev–Trinajstić information content (AvgIpc) is 2.77. The Morgan fingerprint density at radius 3 is 2.57 bits per heavy atom. The number of amides is 2. The predicted molar refractivity (Wildman–Crippen MR) is 76.5 cm³/mol. The summed E-state index contributed by atoms with van der Waals surface area (Å²) >= 11 is 0. The number of cyclic esters (lactones) is 1. The third-order valence-corrected chi connectivity index (χ3v) is 3.18. The highest BCUT2D eigenvalue weighted by Gasteiger charge is 2.33. The van der Waals surface area contributed by atoms with Gasteiger partial charge in [0, 0.05) is 11.1 Å². The van der Waals surface area contributed by atoms with Gasteiger partial charge < -0.3 is 10.1 Å². The van der Waals surface area contributed by atoms with Crippen LogP contribution in [0.4, 0.5) is 14.9 Å². The number of hydrogen-bond acceptors (Lipinski definition) is 3. The maximum Gasteiger partial charge on any atom is 0.414 e. The molecule has 5 nitrogen and oxygen atoms in total. The summed E-state index contributed by atoms with van der Waals surface area (Å²) in [4.78, 5) is 25.0. The molecule has 6 heteroatoms. The number of halogens is 1. The molecule has 1 aliphatic rings. The van der Waals surface area contributed by atoms with Gasteiger partial charge in [-0.05, 0) is 24.3 Å². The molecule has 1 aromatic carbocycles. The summed E-state index contributed by atoms with van der Waals surface area (Å²) in [6.07, 6.45) is -0.898. The number of ether oxygens (including phenoxy) is 1. The van der Waals surface area contributed by atoms with E-state index in [4.69, 9.17) is 4.74 Å². The van der Waals surface area contributed by atoms with Crippen LogP contribution in [0.5, 0.6) is 0 Å². The fourth-order valence-corrected chi connectivity index (χ4v) is 1.93. The standard InChI is InChI=1S/C15H19FN2O3/c1-15(2,3)13(19)17-8-12-9-18(14(20)21-12)11-6-4-10(16)5-7-11/h4-7,12H,8-9H2,1-3H3,(H,17,19). The third kappa shape index (κ3) is 3.71. The molecule has 2 rings (SSSR count). The van der Waals surface area contributed by atoms with Crippen LogP contribution in [0.2, 0.25) is 0 Å². The second-order valence-corrected chi connectivity index (χ2v) is 6.05. The highest BCUT2D eigenvalue weighted by Crippen LogP contribution is 2.22. The number of rotatable bonds is 3.